The van der Waals surface area contributed by atoms with Gasteiger partial charge in [0.25, 0.3) is 11.6 Å². The second-order valence-electron chi connectivity index (χ2n) is 5.98. The van der Waals surface area contributed by atoms with E-state index in [-0.39, 0.29) is 30.3 Å². The van der Waals surface area contributed by atoms with Crippen molar-refractivity contribution in [2.75, 3.05) is 12.5 Å². The molecule has 3 N–H and O–H groups in total. The number of benzene rings is 2. The van der Waals surface area contributed by atoms with Crippen LogP contribution in [0.5, 0.6) is 11.5 Å². The van der Waals surface area contributed by atoms with E-state index in [0.717, 1.165) is 11.6 Å². The molecular formula is C18H17N3O7. The average Bonchev–Trinajstić information content (AvgIpc) is 3.13. The minimum Gasteiger partial charge on any atom is -0.454 e. The van der Waals surface area contributed by atoms with E-state index in [0.29, 0.717) is 11.5 Å². The first-order valence-corrected chi connectivity index (χ1v) is 8.26. The third-order valence-electron chi connectivity index (χ3n) is 4.02. The predicted octanol–water partition coefficient (Wildman–Crippen LogP) is 1.77. The standard InChI is InChI=1S/C18H17N3O7/c1-10(28-18(23)13-7-12(21(24)25)3-4-14(13)19)17(22)20-8-11-2-5-15-16(6-11)27-9-26-15/h2-7,10H,8-9,19H2,1H3,(H,20,22)/t10-/m1/s1. The molecule has 1 aliphatic heterocycles. The third-order valence-corrected chi connectivity index (χ3v) is 4.02. The Morgan fingerprint density at radius 1 is 1.25 bits per heavy atom. The molecule has 0 aromatic heterocycles. The van der Waals surface area contributed by atoms with Gasteiger partial charge in [-0.3, -0.25) is 14.9 Å². The van der Waals surface area contributed by atoms with E-state index < -0.39 is 22.9 Å². The Balaban J connectivity index is 1.59. The van der Waals surface area contributed by atoms with Crippen molar-refractivity contribution in [1.82, 2.24) is 5.32 Å². The van der Waals surface area contributed by atoms with Crippen LogP contribution in [0, 0.1) is 10.1 Å². The van der Waals surface area contributed by atoms with E-state index in [1.54, 1.807) is 18.2 Å². The highest BCUT2D eigenvalue weighted by Gasteiger charge is 2.22. The molecule has 1 heterocycles. The van der Waals surface area contributed by atoms with Crippen molar-refractivity contribution in [2.45, 2.75) is 19.6 Å². The summed E-state index contributed by atoms with van der Waals surface area (Å²) >= 11 is 0. The number of nitro groups is 1. The summed E-state index contributed by atoms with van der Waals surface area (Å²) in [5, 5.41) is 13.5. The van der Waals surface area contributed by atoms with Gasteiger partial charge in [0, 0.05) is 24.4 Å². The van der Waals surface area contributed by atoms with Crippen molar-refractivity contribution in [1.29, 1.82) is 0 Å². The van der Waals surface area contributed by atoms with Gasteiger partial charge in [0.05, 0.1) is 10.5 Å². The van der Waals surface area contributed by atoms with Gasteiger partial charge in [-0.2, -0.15) is 0 Å². The summed E-state index contributed by atoms with van der Waals surface area (Å²) in [7, 11) is 0. The highest BCUT2D eigenvalue weighted by atomic mass is 16.7. The molecule has 1 aliphatic rings. The van der Waals surface area contributed by atoms with Crippen molar-refractivity contribution in [3.8, 4) is 11.5 Å². The molecule has 10 nitrogen and oxygen atoms in total. The number of ether oxygens (including phenoxy) is 3. The molecule has 0 aliphatic carbocycles. The number of amides is 1. The number of hydrogen-bond donors (Lipinski definition) is 2. The molecule has 1 atom stereocenters. The van der Waals surface area contributed by atoms with Gasteiger partial charge in [-0.15, -0.1) is 0 Å². The van der Waals surface area contributed by atoms with Crippen LogP contribution in [0.4, 0.5) is 11.4 Å². The second-order valence-corrected chi connectivity index (χ2v) is 5.98. The fourth-order valence-electron chi connectivity index (χ4n) is 2.50. The predicted molar refractivity (Wildman–Crippen MR) is 96.8 cm³/mol. The number of carbonyl (C=O) groups excluding carboxylic acids is 2. The Morgan fingerprint density at radius 3 is 2.75 bits per heavy atom. The van der Waals surface area contributed by atoms with Gasteiger partial charge < -0.3 is 25.3 Å². The SMILES string of the molecule is C[C@@H](OC(=O)c1cc([N+](=O)[O-])ccc1N)C(=O)NCc1ccc2c(c1)OCO2. The molecule has 1 amide bonds. The van der Waals surface area contributed by atoms with Crippen LogP contribution in [0.2, 0.25) is 0 Å². The van der Waals surface area contributed by atoms with Crippen LogP contribution in [0.15, 0.2) is 36.4 Å². The Hall–Kier alpha value is -3.82. The first-order valence-electron chi connectivity index (χ1n) is 8.26. The van der Waals surface area contributed by atoms with E-state index in [1.807, 2.05) is 0 Å². The molecule has 0 saturated heterocycles. The summed E-state index contributed by atoms with van der Waals surface area (Å²) in [4.78, 5) is 34.6. The fourth-order valence-corrected chi connectivity index (χ4v) is 2.50. The Kier molecular flexibility index (Phi) is 5.30. The zero-order valence-electron chi connectivity index (χ0n) is 14.8. The Morgan fingerprint density at radius 2 is 2.00 bits per heavy atom. The number of nitrogens with two attached hydrogens (primary N) is 1. The number of nitro benzene ring substituents is 1. The van der Waals surface area contributed by atoms with Crippen molar-refractivity contribution in [3.05, 3.63) is 57.6 Å². The Bertz CT molecular complexity index is 945. The minimum atomic E-state index is -1.12. The maximum Gasteiger partial charge on any atom is 0.341 e. The lowest BCUT2D eigenvalue weighted by Gasteiger charge is -2.14. The van der Waals surface area contributed by atoms with Crippen LogP contribution in [0.25, 0.3) is 0 Å². The third kappa shape index (κ3) is 4.11. The Labute approximate surface area is 159 Å². The summed E-state index contributed by atoms with van der Waals surface area (Å²) in [6.45, 7) is 1.73. The number of rotatable bonds is 6. The van der Waals surface area contributed by atoms with Crippen LogP contribution in [-0.4, -0.2) is 29.7 Å². The summed E-state index contributed by atoms with van der Waals surface area (Å²) in [5.74, 6) is -0.235. The van der Waals surface area contributed by atoms with E-state index >= 15 is 0 Å². The average molecular weight is 387 g/mol. The van der Waals surface area contributed by atoms with E-state index in [4.69, 9.17) is 19.9 Å². The van der Waals surface area contributed by atoms with Gasteiger partial charge >= 0.3 is 5.97 Å². The lowest BCUT2D eigenvalue weighted by Crippen LogP contribution is -2.35. The highest BCUT2D eigenvalue weighted by molar-refractivity contribution is 5.97. The smallest absolute Gasteiger partial charge is 0.341 e. The zero-order valence-corrected chi connectivity index (χ0v) is 14.8. The van der Waals surface area contributed by atoms with Gasteiger partial charge in [0.2, 0.25) is 6.79 Å². The fraction of sp³-hybridized carbons (Fsp3) is 0.222. The van der Waals surface area contributed by atoms with Crippen LogP contribution in [-0.2, 0) is 16.1 Å². The van der Waals surface area contributed by atoms with Crippen molar-refractivity contribution < 1.29 is 28.7 Å². The van der Waals surface area contributed by atoms with E-state index in [1.165, 1.54) is 19.1 Å². The normalized spacial score (nSPS) is 12.9. The number of non-ortho nitro benzene ring substituents is 1. The molecule has 2 aromatic carbocycles. The highest BCUT2D eigenvalue weighted by Crippen LogP contribution is 2.32. The monoisotopic (exact) mass is 387 g/mol. The number of nitrogens with one attached hydrogen (secondary N) is 1. The number of hydrogen-bond acceptors (Lipinski definition) is 8. The topological polar surface area (TPSA) is 143 Å². The van der Waals surface area contributed by atoms with E-state index in [2.05, 4.69) is 5.32 Å². The summed E-state index contributed by atoms with van der Waals surface area (Å²) in [6.07, 6.45) is -1.12. The molecular weight excluding hydrogens is 370 g/mol. The molecule has 146 valence electrons. The minimum absolute atomic E-state index is 0.0172. The lowest BCUT2D eigenvalue weighted by molar-refractivity contribution is -0.384. The number of esters is 1. The van der Waals surface area contributed by atoms with Gasteiger partial charge in [-0.1, -0.05) is 6.07 Å². The molecule has 0 radical (unpaired) electrons. The zero-order chi connectivity index (χ0) is 20.3. The van der Waals surface area contributed by atoms with Crippen LogP contribution in [0.3, 0.4) is 0 Å². The number of carbonyl (C=O) groups is 2. The summed E-state index contributed by atoms with van der Waals surface area (Å²) in [6, 6.07) is 8.66. The number of nitrogen functional groups attached to an aromatic ring is 1. The molecule has 3 rings (SSSR count). The first kappa shape index (κ1) is 19.0. The lowest BCUT2D eigenvalue weighted by atomic mass is 10.1. The van der Waals surface area contributed by atoms with Gasteiger partial charge in [0.15, 0.2) is 17.6 Å². The quantitative estimate of drug-likeness (QED) is 0.330. The summed E-state index contributed by atoms with van der Waals surface area (Å²) in [5.41, 5.74) is 5.99. The molecule has 10 heteroatoms. The first-order chi connectivity index (χ1) is 13.3. The van der Waals surface area contributed by atoms with Gasteiger partial charge in [0.1, 0.15) is 0 Å². The molecule has 0 unspecified atom stereocenters. The van der Waals surface area contributed by atoms with Gasteiger partial charge in [-0.25, -0.2) is 4.79 Å². The molecule has 2 aromatic rings. The number of fused-ring (bicyclic) bond motifs is 1. The molecule has 0 bridgehead atoms. The van der Waals surface area contributed by atoms with Crippen LogP contribution >= 0.6 is 0 Å². The van der Waals surface area contributed by atoms with E-state index in [9.17, 15) is 19.7 Å². The molecule has 0 saturated carbocycles. The largest absolute Gasteiger partial charge is 0.454 e. The molecule has 28 heavy (non-hydrogen) atoms. The van der Waals surface area contributed by atoms with Gasteiger partial charge in [-0.05, 0) is 30.7 Å². The number of anilines is 1. The van der Waals surface area contributed by atoms with Crippen LogP contribution in [0.1, 0.15) is 22.8 Å². The molecule has 0 spiro atoms. The maximum atomic E-state index is 12.2. The van der Waals surface area contributed by atoms with Crippen molar-refractivity contribution in [2.24, 2.45) is 0 Å². The van der Waals surface area contributed by atoms with Crippen LogP contribution < -0.4 is 20.5 Å². The van der Waals surface area contributed by atoms with Crippen molar-refractivity contribution >= 4 is 23.3 Å². The maximum absolute atomic E-state index is 12.2. The number of nitrogens with zero attached hydrogens (tertiary/aromatic N) is 1. The molecule has 0 fully saturated rings. The summed E-state index contributed by atoms with van der Waals surface area (Å²) < 4.78 is 15.6. The second kappa shape index (κ2) is 7.82. The van der Waals surface area contributed by atoms with Crippen molar-refractivity contribution in [3.63, 3.8) is 0 Å².